The standard InChI is InChI=1S/C18H26N2S/c1-4-12-19-13-17-10-11-18(21-17)14-20(3)16-8-6-15(5-2)7-9-16/h6-11,19H,4-5,12-14H2,1-3H3. The molecule has 0 aliphatic heterocycles. The topological polar surface area (TPSA) is 15.3 Å². The van der Waals surface area contributed by atoms with Crippen LogP contribution in [-0.2, 0) is 19.5 Å². The van der Waals surface area contributed by atoms with Crippen molar-refractivity contribution in [3.05, 3.63) is 51.7 Å². The molecule has 0 bridgehead atoms. The lowest BCUT2D eigenvalue weighted by Gasteiger charge is -2.18. The highest BCUT2D eigenvalue weighted by atomic mass is 32.1. The summed E-state index contributed by atoms with van der Waals surface area (Å²) in [6.45, 7) is 7.46. The molecule has 0 unspecified atom stereocenters. The Kier molecular flexibility index (Phi) is 6.27. The summed E-state index contributed by atoms with van der Waals surface area (Å²) in [7, 11) is 2.16. The zero-order valence-electron chi connectivity index (χ0n) is 13.4. The maximum absolute atomic E-state index is 3.46. The molecular weight excluding hydrogens is 276 g/mol. The number of hydrogen-bond acceptors (Lipinski definition) is 3. The van der Waals surface area contributed by atoms with Crippen molar-refractivity contribution >= 4 is 17.0 Å². The zero-order chi connectivity index (χ0) is 15.1. The summed E-state index contributed by atoms with van der Waals surface area (Å²) in [6.07, 6.45) is 2.29. The minimum Gasteiger partial charge on any atom is -0.369 e. The summed E-state index contributed by atoms with van der Waals surface area (Å²) in [6, 6.07) is 13.4. The number of nitrogens with zero attached hydrogens (tertiary/aromatic N) is 1. The highest BCUT2D eigenvalue weighted by Gasteiger charge is 2.05. The van der Waals surface area contributed by atoms with Gasteiger partial charge in [-0.3, -0.25) is 0 Å². The predicted octanol–water partition coefficient (Wildman–Crippen LogP) is 4.45. The summed E-state index contributed by atoms with van der Waals surface area (Å²) >= 11 is 1.91. The van der Waals surface area contributed by atoms with Crippen LogP contribution in [0.3, 0.4) is 0 Å². The van der Waals surface area contributed by atoms with Gasteiger partial charge in [-0.25, -0.2) is 0 Å². The maximum atomic E-state index is 3.46. The van der Waals surface area contributed by atoms with Crippen molar-refractivity contribution in [2.75, 3.05) is 18.5 Å². The van der Waals surface area contributed by atoms with Crippen molar-refractivity contribution in [2.45, 2.75) is 39.8 Å². The van der Waals surface area contributed by atoms with Crippen molar-refractivity contribution in [3.8, 4) is 0 Å². The largest absolute Gasteiger partial charge is 0.369 e. The number of hydrogen-bond donors (Lipinski definition) is 1. The van der Waals surface area contributed by atoms with Gasteiger partial charge in [0, 0.05) is 29.0 Å². The molecule has 0 spiro atoms. The Balaban J connectivity index is 1.90. The van der Waals surface area contributed by atoms with Gasteiger partial charge in [0.25, 0.3) is 0 Å². The summed E-state index contributed by atoms with van der Waals surface area (Å²) < 4.78 is 0. The lowest BCUT2D eigenvalue weighted by molar-refractivity contribution is 0.681. The molecule has 2 aromatic rings. The van der Waals surface area contributed by atoms with E-state index in [1.165, 1.54) is 27.4 Å². The van der Waals surface area contributed by atoms with Gasteiger partial charge in [-0.1, -0.05) is 26.0 Å². The monoisotopic (exact) mass is 302 g/mol. The summed E-state index contributed by atoms with van der Waals surface area (Å²) in [5, 5.41) is 3.46. The smallest absolute Gasteiger partial charge is 0.0519 e. The molecule has 21 heavy (non-hydrogen) atoms. The number of thiophene rings is 1. The van der Waals surface area contributed by atoms with Gasteiger partial charge in [0.15, 0.2) is 0 Å². The van der Waals surface area contributed by atoms with Gasteiger partial charge in [0.2, 0.25) is 0 Å². The molecular formula is C18H26N2S. The van der Waals surface area contributed by atoms with Crippen LogP contribution in [0.4, 0.5) is 5.69 Å². The van der Waals surface area contributed by atoms with E-state index in [9.17, 15) is 0 Å². The molecule has 1 N–H and O–H groups in total. The van der Waals surface area contributed by atoms with Gasteiger partial charge in [0.1, 0.15) is 0 Å². The summed E-state index contributed by atoms with van der Waals surface area (Å²) in [5.74, 6) is 0. The van der Waals surface area contributed by atoms with Crippen LogP contribution in [0.25, 0.3) is 0 Å². The second-order valence-electron chi connectivity index (χ2n) is 5.42. The van der Waals surface area contributed by atoms with E-state index < -0.39 is 0 Å². The number of nitrogens with one attached hydrogen (secondary N) is 1. The van der Waals surface area contributed by atoms with E-state index >= 15 is 0 Å². The van der Waals surface area contributed by atoms with Crippen molar-refractivity contribution in [1.29, 1.82) is 0 Å². The highest BCUT2D eigenvalue weighted by molar-refractivity contribution is 7.12. The SMILES string of the molecule is CCCNCc1ccc(CN(C)c2ccc(CC)cc2)s1. The minimum absolute atomic E-state index is 0.976. The fourth-order valence-corrected chi connectivity index (χ4v) is 3.34. The van der Waals surface area contributed by atoms with E-state index in [0.29, 0.717) is 0 Å². The van der Waals surface area contributed by atoms with Gasteiger partial charge in [-0.2, -0.15) is 0 Å². The lowest BCUT2D eigenvalue weighted by Crippen LogP contribution is -2.15. The van der Waals surface area contributed by atoms with Crippen LogP contribution < -0.4 is 10.2 Å². The molecule has 0 atom stereocenters. The van der Waals surface area contributed by atoms with E-state index in [1.807, 2.05) is 11.3 Å². The molecule has 1 heterocycles. The highest BCUT2D eigenvalue weighted by Crippen LogP contribution is 2.21. The van der Waals surface area contributed by atoms with E-state index in [4.69, 9.17) is 0 Å². The molecule has 114 valence electrons. The van der Waals surface area contributed by atoms with Crippen LogP contribution in [0.5, 0.6) is 0 Å². The van der Waals surface area contributed by atoms with Crippen LogP contribution >= 0.6 is 11.3 Å². The molecule has 0 aliphatic carbocycles. The Morgan fingerprint density at radius 2 is 1.71 bits per heavy atom. The van der Waals surface area contributed by atoms with Crippen LogP contribution in [-0.4, -0.2) is 13.6 Å². The van der Waals surface area contributed by atoms with Crippen molar-refractivity contribution in [2.24, 2.45) is 0 Å². The summed E-state index contributed by atoms with van der Waals surface area (Å²) in [5.41, 5.74) is 2.68. The molecule has 1 aromatic heterocycles. The van der Waals surface area contributed by atoms with E-state index in [1.54, 1.807) is 0 Å². The second kappa shape index (κ2) is 8.20. The number of aryl methyl sites for hydroxylation is 1. The van der Waals surface area contributed by atoms with Crippen LogP contribution in [0.2, 0.25) is 0 Å². The van der Waals surface area contributed by atoms with Crippen molar-refractivity contribution in [1.82, 2.24) is 5.32 Å². The van der Waals surface area contributed by atoms with E-state index in [2.05, 4.69) is 67.5 Å². The van der Waals surface area contributed by atoms with Crippen LogP contribution in [0.1, 0.15) is 35.6 Å². The Bertz CT molecular complexity index is 530. The normalized spacial score (nSPS) is 10.8. The quantitative estimate of drug-likeness (QED) is 0.725. The molecule has 0 amide bonds. The van der Waals surface area contributed by atoms with Gasteiger partial charge < -0.3 is 10.2 Å². The second-order valence-corrected chi connectivity index (χ2v) is 6.67. The van der Waals surface area contributed by atoms with Gasteiger partial charge in [-0.15, -0.1) is 11.3 Å². The third-order valence-corrected chi connectivity index (χ3v) is 4.69. The first-order valence-corrected chi connectivity index (χ1v) is 8.63. The van der Waals surface area contributed by atoms with E-state index in [-0.39, 0.29) is 0 Å². The van der Waals surface area contributed by atoms with Crippen LogP contribution in [0, 0.1) is 0 Å². The first-order chi connectivity index (χ1) is 10.2. The molecule has 0 fully saturated rings. The Morgan fingerprint density at radius 1 is 1.00 bits per heavy atom. The van der Waals surface area contributed by atoms with Gasteiger partial charge in [-0.05, 0) is 49.2 Å². The molecule has 0 radical (unpaired) electrons. The van der Waals surface area contributed by atoms with E-state index in [0.717, 1.165) is 26.1 Å². The zero-order valence-corrected chi connectivity index (χ0v) is 14.2. The molecule has 3 heteroatoms. The average Bonchev–Trinajstić information content (AvgIpc) is 2.95. The first kappa shape index (κ1) is 16.1. The number of anilines is 1. The molecule has 0 aliphatic rings. The lowest BCUT2D eigenvalue weighted by atomic mass is 10.1. The Morgan fingerprint density at radius 3 is 2.38 bits per heavy atom. The molecule has 2 rings (SSSR count). The van der Waals surface area contributed by atoms with Gasteiger partial charge >= 0.3 is 0 Å². The maximum Gasteiger partial charge on any atom is 0.0519 e. The molecule has 2 nitrogen and oxygen atoms in total. The fraction of sp³-hybridized carbons (Fsp3) is 0.444. The minimum atomic E-state index is 0.976. The molecule has 0 saturated heterocycles. The number of benzene rings is 1. The van der Waals surface area contributed by atoms with Crippen molar-refractivity contribution in [3.63, 3.8) is 0 Å². The first-order valence-electron chi connectivity index (χ1n) is 7.81. The Labute approximate surface area is 132 Å². The third kappa shape index (κ3) is 4.87. The molecule has 0 saturated carbocycles. The van der Waals surface area contributed by atoms with Gasteiger partial charge in [0.05, 0.1) is 6.54 Å². The average molecular weight is 302 g/mol. The fourth-order valence-electron chi connectivity index (χ4n) is 2.30. The third-order valence-electron chi connectivity index (χ3n) is 3.62. The molecule has 1 aromatic carbocycles. The predicted molar refractivity (Wildman–Crippen MR) is 94.2 cm³/mol. The summed E-state index contributed by atoms with van der Waals surface area (Å²) in [4.78, 5) is 5.16. The number of rotatable bonds is 8. The van der Waals surface area contributed by atoms with Crippen LogP contribution in [0.15, 0.2) is 36.4 Å². The Hall–Kier alpha value is -1.32. The van der Waals surface area contributed by atoms with Crippen molar-refractivity contribution < 1.29 is 0 Å².